The van der Waals surface area contributed by atoms with Crippen LogP contribution in [0.2, 0.25) is 0 Å². The summed E-state index contributed by atoms with van der Waals surface area (Å²) in [5.74, 6) is 0.219. The molecule has 0 fully saturated rings. The zero-order valence-corrected chi connectivity index (χ0v) is 12.0. The minimum absolute atomic E-state index is 0.217. The molecule has 2 aromatic rings. The van der Waals surface area contributed by atoms with Crippen molar-refractivity contribution < 1.29 is 4.39 Å². The van der Waals surface area contributed by atoms with Crippen LogP contribution in [0.1, 0.15) is 18.9 Å². The predicted molar refractivity (Wildman–Crippen MR) is 83.8 cm³/mol. The van der Waals surface area contributed by atoms with E-state index in [1.165, 1.54) is 6.07 Å². The van der Waals surface area contributed by atoms with Gasteiger partial charge in [-0.05, 0) is 24.6 Å². The normalized spacial score (nSPS) is 21.4. The summed E-state index contributed by atoms with van der Waals surface area (Å²) in [6, 6.07) is 16.7. The highest BCUT2D eigenvalue weighted by molar-refractivity contribution is 5.98. The Hall–Kier alpha value is -2.36. The number of anilines is 1. The second-order valence-corrected chi connectivity index (χ2v) is 5.21. The van der Waals surface area contributed by atoms with Crippen LogP contribution in [0.5, 0.6) is 0 Å². The molecule has 0 bridgehead atoms. The minimum atomic E-state index is -0.559. The fourth-order valence-corrected chi connectivity index (χ4v) is 3.03. The third-order valence-corrected chi connectivity index (χ3v) is 4.13. The molecule has 0 saturated carbocycles. The van der Waals surface area contributed by atoms with Crippen LogP contribution in [0.4, 0.5) is 10.1 Å². The lowest BCUT2D eigenvalue weighted by Crippen LogP contribution is -2.49. The molecule has 0 amide bonds. The lowest BCUT2D eigenvalue weighted by molar-refractivity contribution is 0.434. The molecule has 1 atom stereocenters. The van der Waals surface area contributed by atoms with Gasteiger partial charge in [-0.25, -0.2) is 4.39 Å². The van der Waals surface area contributed by atoms with Crippen molar-refractivity contribution in [3.63, 3.8) is 0 Å². The van der Waals surface area contributed by atoms with Crippen LogP contribution in [0.15, 0.2) is 59.6 Å². The Morgan fingerprint density at radius 3 is 2.48 bits per heavy atom. The molecule has 0 spiro atoms. The lowest BCUT2D eigenvalue weighted by Gasteiger charge is -2.39. The molecule has 1 aliphatic rings. The Bertz CT molecular complexity index is 669. The van der Waals surface area contributed by atoms with Crippen molar-refractivity contribution in [2.75, 3.05) is 11.4 Å². The van der Waals surface area contributed by atoms with Crippen molar-refractivity contribution in [1.82, 2.24) is 0 Å². The van der Waals surface area contributed by atoms with Gasteiger partial charge in [-0.3, -0.25) is 4.99 Å². The largest absolute Gasteiger partial charge is 0.369 e. The second kappa shape index (κ2) is 5.20. The number of hydrogen-bond donors (Lipinski definition) is 1. The van der Waals surface area contributed by atoms with E-state index in [1.807, 2.05) is 54.3 Å². The molecule has 1 heterocycles. The zero-order chi connectivity index (χ0) is 14.9. The van der Waals surface area contributed by atoms with Gasteiger partial charge in [-0.15, -0.1) is 0 Å². The molecule has 1 unspecified atom stereocenters. The van der Waals surface area contributed by atoms with Crippen LogP contribution in [0, 0.1) is 5.82 Å². The van der Waals surface area contributed by atoms with Crippen LogP contribution in [-0.4, -0.2) is 12.5 Å². The monoisotopic (exact) mass is 283 g/mol. The van der Waals surface area contributed by atoms with E-state index in [-0.39, 0.29) is 5.82 Å². The smallest absolute Gasteiger partial charge is 0.196 e. The van der Waals surface area contributed by atoms with Gasteiger partial charge in [0.1, 0.15) is 5.82 Å². The van der Waals surface area contributed by atoms with E-state index >= 15 is 0 Å². The molecule has 4 heteroatoms. The van der Waals surface area contributed by atoms with Gasteiger partial charge in [0.2, 0.25) is 0 Å². The lowest BCUT2D eigenvalue weighted by atomic mass is 9.85. The van der Waals surface area contributed by atoms with E-state index in [4.69, 9.17) is 5.73 Å². The third-order valence-electron chi connectivity index (χ3n) is 4.13. The summed E-state index contributed by atoms with van der Waals surface area (Å²) in [5.41, 5.74) is 7.12. The number of hydrogen-bond acceptors (Lipinski definition) is 3. The van der Waals surface area contributed by atoms with Gasteiger partial charge in [-0.1, -0.05) is 43.3 Å². The number of aliphatic imine (C=N–C) groups is 1. The quantitative estimate of drug-likeness (QED) is 0.939. The number of nitrogens with two attached hydrogens (primary N) is 1. The highest BCUT2D eigenvalue weighted by Gasteiger charge is 2.44. The molecule has 0 radical (unpaired) electrons. The maximum atomic E-state index is 14.4. The summed E-state index contributed by atoms with van der Waals surface area (Å²) in [5, 5.41) is 0. The molecule has 0 aromatic heterocycles. The Labute approximate surface area is 123 Å². The van der Waals surface area contributed by atoms with Crippen molar-refractivity contribution in [3.8, 4) is 0 Å². The van der Waals surface area contributed by atoms with E-state index in [1.54, 1.807) is 6.07 Å². The fraction of sp³-hybridized carbons (Fsp3) is 0.235. The van der Waals surface area contributed by atoms with E-state index < -0.39 is 5.54 Å². The average Bonchev–Trinajstić information content (AvgIpc) is 2.86. The third kappa shape index (κ3) is 2.07. The van der Waals surface area contributed by atoms with E-state index in [0.29, 0.717) is 24.5 Å². The maximum Gasteiger partial charge on any atom is 0.196 e. The molecular formula is C17H18FN3. The summed E-state index contributed by atoms with van der Waals surface area (Å²) >= 11 is 0. The van der Waals surface area contributed by atoms with Crippen LogP contribution in [0.25, 0.3) is 0 Å². The maximum absolute atomic E-state index is 14.4. The molecule has 3 nitrogen and oxygen atoms in total. The molecule has 0 aliphatic carbocycles. The number of guanidine groups is 1. The summed E-state index contributed by atoms with van der Waals surface area (Å²) in [4.78, 5) is 6.34. The summed E-state index contributed by atoms with van der Waals surface area (Å²) in [7, 11) is 0. The topological polar surface area (TPSA) is 41.6 Å². The Balaban J connectivity index is 2.16. The molecule has 2 N–H and O–H groups in total. The van der Waals surface area contributed by atoms with E-state index in [2.05, 4.69) is 4.99 Å². The summed E-state index contributed by atoms with van der Waals surface area (Å²) in [6.45, 7) is 2.50. The highest BCUT2D eigenvalue weighted by Crippen LogP contribution is 2.40. The summed E-state index contributed by atoms with van der Waals surface area (Å²) in [6.07, 6.45) is 0.715. The Morgan fingerprint density at radius 2 is 1.81 bits per heavy atom. The van der Waals surface area contributed by atoms with Crippen molar-refractivity contribution in [2.45, 2.75) is 18.9 Å². The second-order valence-electron chi connectivity index (χ2n) is 5.21. The molecular weight excluding hydrogens is 265 g/mol. The van der Waals surface area contributed by atoms with Crippen molar-refractivity contribution in [2.24, 2.45) is 10.7 Å². The van der Waals surface area contributed by atoms with Gasteiger partial charge < -0.3 is 10.6 Å². The number of halogens is 1. The molecule has 1 aliphatic heterocycles. The molecule has 3 rings (SSSR count). The number of benzene rings is 2. The molecule has 0 saturated heterocycles. The van der Waals surface area contributed by atoms with Gasteiger partial charge in [0, 0.05) is 11.3 Å². The molecule has 2 aromatic carbocycles. The van der Waals surface area contributed by atoms with Gasteiger partial charge >= 0.3 is 0 Å². The first-order valence-corrected chi connectivity index (χ1v) is 7.09. The SMILES string of the molecule is CCC1(c2ccccc2F)CN=C(N)N1c1ccccc1. The van der Waals surface area contributed by atoms with Crippen LogP contribution in [0.3, 0.4) is 0 Å². The van der Waals surface area contributed by atoms with Gasteiger partial charge in [0.25, 0.3) is 0 Å². The fourth-order valence-electron chi connectivity index (χ4n) is 3.03. The Kier molecular flexibility index (Phi) is 3.37. The van der Waals surface area contributed by atoms with Gasteiger partial charge in [0.05, 0.1) is 12.1 Å². The van der Waals surface area contributed by atoms with Crippen LogP contribution in [-0.2, 0) is 5.54 Å². The summed E-state index contributed by atoms with van der Waals surface area (Å²) < 4.78 is 14.4. The van der Waals surface area contributed by atoms with E-state index in [0.717, 1.165) is 5.69 Å². The first kappa shape index (κ1) is 13.6. The number of para-hydroxylation sites is 1. The van der Waals surface area contributed by atoms with Gasteiger partial charge in [-0.2, -0.15) is 0 Å². The van der Waals surface area contributed by atoms with Crippen molar-refractivity contribution in [1.29, 1.82) is 0 Å². The predicted octanol–water partition coefficient (Wildman–Crippen LogP) is 3.27. The zero-order valence-electron chi connectivity index (χ0n) is 12.0. The Morgan fingerprint density at radius 1 is 1.14 bits per heavy atom. The average molecular weight is 283 g/mol. The standard InChI is InChI=1S/C17H18FN3/c1-2-17(14-10-6-7-11-15(14)18)12-20-16(19)21(17)13-8-4-3-5-9-13/h3-11H,2,12H2,1H3,(H2,19,20). The van der Waals surface area contributed by atoms with E-state index in [9.17, 15) is 4.39 Å². The van der Waals surface area contributed by atoms with Gasteiger partial charge in [0.15, 0.2) is 5.96 Å². The van der Waals surface area contributed by atoms with Crippen molar-refractivity contribution in [3.05, 3.63) is 66.0 Å². The number of nitrogens with zero attached hydrogens (tertiary/aromatic N) is 2. The first-order valence-electron chi connectivity index (χ1n) is 7.09. The number of rotatable bonds is 3. The first-order chi connectivity index (χ1) is 10.2. The highest BCUT2D eigenvalue weighted by atomic mass is 19.1. The molecule has 21 heavy (non-hydrogen) atoms. The van der Waals surface area contributed by atoms with Crippen LogP contribution < -0.4 is 10.6 Å². The van der Waals surface area contributed by atoms with Crippen LogP contribution >= 0.6 is 0 Å². The molecule has 108 valence electrons. The minimum Gasteiger partial charge on any atom is -0.369 e. The van der Waals surface area contributed by atoms with Crippen molar-refractivity contribution >= 4 is 11.6 Å².